The summed E-state index contributed by atoms with van der Waals surface area (Å²) in [6.45, 7) is 5.55. The fourth-order valence-electron chi connectivity index (χ4n) is 3.28. The Balaban J connectivity index is 2.47. The first-order chi connectivity index (χ1) is 12.4. The van der Waals surface area contributed by atoms with E-state index in [4.69, 9.17) is 19.6 Å². The van der Waals surface area contributed by atoms with Crippen LogP contribution in [-0.4, -0.2) is 19.5 Å². The quantitative estimate of drug-likeness (QED) is 0.177. The predicted molar refractivity (Wildman–Crippen MR) is 102 cm³/mol. The van der Waals surface area contributed by atoms with Crippen LogP contribution >= 0.6 is 0 Å². The molecule has 0 aromatic rings. The number of rotatable bonds is 11. The van der Waals surface area contributed by atoms with Gasteiger partial charge >= 0.3 is 0 Å². The Morgan fingerprint density at radius 2 is 1.04 bits per heavy atom. The van der Waals surface area contributed by atoms with Gasteiger partial charge in [-0.15, -0.1) is 0 Å². The highest BCUT2D eigenvalue weighted by molar-refractivity contribution is 4.64. The first kappa shape index (κ1) is 22.9. The van der Waals surface area contributed by atoms with Crippen molar-refractivity contribution in [3.05, 3.63) is 0 Å². The first-order valence-corrected chi connectivity index (χ1v) is 10.9. The second kappa shape index (κ2) is 17.3. The van der Waals surface area contributed by atoms with Crippen molar-refractivity contribution in [3.63, 3.8) is 0 Å². The van der Waals surface area contributed by atoms with Crippen LogP contribution in [0, 0.1) is 5.92 Å². The predicted octanol–water partition coefficient (Wildman–Crippen LogP) is 6.73. The van der Waals surface area contributed by atoms with E-state index < -0.39 is 6.29 Å². The van der Waals surface area contributed by atoms with Gasteiger partial charge in [0.2, 0.25) is 6.29 Å². The summed E-state index contributed by atoms with van der Waals surface area (Å²) in [6, 6.07) is 0. The molecule has 0 atom stereocenters. The van der Waals surface area contributed by atoms with Crippen LogP contribution in [0.1, 0.15) is 110 Å². The lowest BCUT2D eigenvalue weighted by Crippen LogP contribution is -2.28. The number of hydrogen-bond acceptors (Lipinski definition) is 4. The third kappa shape index (κ3) is 12.8. The molecule has 1 saturated carbocycles. The van der Waals surface area contributed by atoms with E-state index in [1.807, 2.05) is 0 Å². The monoisotopic (exact) mass is 358 g/mol. The third-order valence-corrected chi connectivity index (χ3v) is 5.02. The molecule has 0 saturated heterocycles. The summed E-state index contributed by atoms with van der Waals surface area (Å²) in [6.07, 6.45) is 18.1. The van der Waals surface area contributed by atoms with Gasteiger partial charge in [-0.1, -0.05) is 84.5 Å². The second-order valence-corrected chi connectivity index (χ2v) is 7.43. The molecule has 1 aliphatic carbocycles. The minimum Gasteiger partial charge on any atom is -0.234 e. The van der Waals surface area contributed by atoms with Crippen molar-refractivity contribution in [3.8, 4) is 0 Å². The average molecular weight is 359 g/mol. The zero-order valence-corrected chi connectivity index (χ0v) is 16.8. The van der Waals surface area contributed by atoms with E-state index in [0.717, 1.165) is 38.5 Å². The van der Waals surface area contributed by atoms with Crippen LogP contribution in [-0.2, 0) is 19.6 Å². The van der Waals surface area contributed by atoms with Crippen molar-refractivity contribution in [2.45, 2.75) is 116 Å². The zero-order valence-electron chi connectivity index (χ0n) is 16.8. The van der Waals surface area contributed by atoms with E-state index >= 15 is 0 Å². The van der Waals surface area contributed by atoms with Crippen LogP contribution in [0.3, 0.4) is 0 Å². The van der Waals surface area contributed by atoms with Crippen LogP contribution in [0.2, 0.25) is 0 Å². The molecule has 1 rings (SSSR count). The van der Waals surface area contributed by atoms with Crippen LogP contribution in [0.5, 0.6) is 0 Å². The van der Waals surface area contributed by atoms with Crippen LogP contribution < -0.4 is 0 Å². The minimum absolute atomic E-state index is 0.364. The Bertz CT molecular complexity index is 249. The highest BCUT2D eigenvalue weighted by Crippen LogP contribution is 2.26. The second-order valence-electron chi connectivity index (χ2n) is 7.43. The highest BCUT2D eigenvalue weighted by atomic mass is 17.3. The van der Waals surface area contributed by atoms with E-state index in [9.17, 15) is 0 Å². The van der Waals surface area contributed by atoms with Crippen molar-refractivity contribution in [2.75, 3.05) is 13.2 Å². The van der Waals surface area contributed by atoms with Gasteiger partial charge in [-0.25, -0.2) is 19.6 Å². The van der Waals surface area contributed by atoms with Gasteiger partial charge in [-0.05, 0) is 25.7 Å². The molecule has 0 aromatic heterocycles. The van der Waals surface area contributed by atoms with E-state index in [2.05, 4.69) is 13.8 Å². The first-order valence-electron chi connectivity index (χ1n) is 10.9. The summed E-state index contributed by atoms with van der Waals surface area (Å²) in [7, 11) is 0. The molecular weight excluding hydrogens is 316 g/mol. The van der Waals surface area contributed by atoms with Gasteiger partial charge in [0.05, 0.1) is 13.2 Å². The third-order valence-electron chi connectivity index (χ3n) is 5.02. The maximum Gasteiger partial charge on any atom is 0.227 e. The van der Waals surface area contributed by atoms with Gasteiger partial charge in [0.15, 0.2) is 0 Å². The van der Waals surface area contributed by atoms with Crippen molar-refractivity contribution in [1.29, 1.82) is 0 Å². The molecule has 25 heavy (non-hydrogen) atoms. The molecule has 0 N–H and O–H groups in total. The van der Waals surface area contributed by atoms with Crippen molar-refractivity contribution >= 4 is 0 Å². The fraction of sp³-hybridized carbons (Fsp3) is 1.00. The Morgan fingerprint density at radius 3 is 1.44 bits per heavy atom. The molecule has 0 aliphatic heterocycles. The maximum atomic E-state index is 5.64. The van der Waals surface area contributed by atoms with Gasteiger partial charge in [-0.2, -0.15) is 0 Å². The molecule has 0 unspecified atom stereocenters. The Labute approximate surface area is 155 Å². The molecule has 1 aliphatic rings. The topological polar surface area (TPSA) is 36.9 Å². The zero-order chi connectivity index (χ0) is 18.0. The lowest BCUT2D eigenvalue weighted by Gasteiger charge is -2.25. The molecule has 0 bridgehead atoms. The van der Waals surface area contributed by atoms with E-state index in [-0.39, 0.29) is 0 Å². The van der Waals surface area contributed by atoms with Gasteiger partial charge in [0.1, 0.15) is 0 Å². The molecule has 0 aromatic carbocycles. The Hall–Kier alpha value is -0.160. The molecule has 0 spiro atoms. The lowest BCUT2D eigenvalue weighted by molar-refractivity contribution is -0.473. The fourth-order valence-corrected chi connectivity index (χ4v) is 3.28. The summed E-state index contributed by atoms with van der Waals surface area (Å²) in [4.78, 5) is 22.1. The van der Waals surface area contributed by atoms with E-state index in [1.165, 1.54) is 57.8 Å². The van der Waals surface area contributed by atoms with Crippen molar-refractivity contribution in [2.24, 2.45) is 5.92 Å². The normalized spacial score (nSPS) is 18.8. The maximum absolute atomic E-state index is 5.64. The molecule has 0 heterocycles. The molecule has 150 valence electrons. The number of unbranched alkanes of at least 4 members (excludes halogenated alkanes) is 2. The van der Waals surface area contributed by atoms with Crippen LogP contribution in [0.15, 0.2) is 0 Å². The SMILES string of the molecule is CCCCOOC(OOCCCC)C1CCCCCCCCCCC1. The molecule has 1 fully saturated rings. The van der Waals surface area contributed by atoms with Gasteiger partial charge in [0, 0.05) is 5.92 Å². The average Bonchev–Trinajstić information content (AvgIpc) is 2.61. The van der Waals surface area contributed by atoms with E-state index in [0.29, 0.717) is 19.1 Å². The van der Waals surface area contributed by atoms with Crippen molar-refractivity contribution in [1.82, 2.24) is 0 Å². The number of hydrogen-bond donors (Lipinski definition) is 0. The molecule has 0 radical (unpaired) electrons. The smallest absolute Gasteiger partial charge is 0.227 e. The minimum atomic E-state index is -0.392. The lowest BCUT2D eigenvalue weighted by atomic mass is 9.92. The van der Waals surface area contributed by atoms with Crippen molar-refractivity contribution < 1.29 is 19.6 Å². The van der Waals surface area contributed by atoms with Crippen LogP contribution in [0.25, 0.3) is 0 Å². The summed E-state index contributed by atoms with van der Waals surface area (Å²) >= 11 is 0. The molecule has 4 nitrogen and oxygen atoms in total. The summed E-state index contributed by atoms with van der Waals surface area (Å²) in [5.74, 6) is 0.364. The van der Waals surface area contributed by atoms with Gasteiger partial charge < -0.3 is 0 Å². The summed E-state index contributed by atoms with van der Waals surface area (Å²) in [5, 5.41) is 0. The summed E-state index contributed by atoms with van der Waals surface area (Å²) in [5.41, 5.74) is 0. The largest absolute Gasteiger partial charge is 0.234 e. The highest BCUT2D eigenvalue weighted by Gasteiger charge is 2.25. The summed E-state index contributed by atoms with van der Waals surface area (Å²) < 4.78 is 0. The molecular formula is C21H42O4. The van der Waals surface area contributed by atoms with Crippen LogP contribution in [0.4, 0.5) is 0 Å². The Kier molecular flexibility index (Phi) is 15.8. The molecule has 4 heteroatoms. The van der Waals surface area contributed by atoms with E-state index in [1.54, 1.807) is 0 Å². The standard InChI is InChI=1S/C21H42O4/c1-3-5-18-22-24-21(25-23-19-6-4-2)20-16-14-12-10-8-7-9-11-13-15-17-20/h20-21H,3-19H2,1-2H3. The molecule has 0 amide bonds. The Morgan fingerprint density at radius 1 is 0.640 bits per heavy atom. The van der Waals surface area contributed by atoms with Gasteiger partial charge in [0.25, 0.3) is 0 Å². The van der Waals surface area contributed by atoms with Gasteiger partial charge in [-0.3, -0.25) is 0 Å².